The number of rotatable bonds is 3. The van der Waals surface area contributed by atoms with Crippen LogP contribution in [0, 0.1) is 5.41 Å². The van der Waals surface area contributed by atoms with E-state index >= 15 is 0 Å². The largest absolute Gasteiger partial charge is 1.00 e. The Morgan fingerprint density at radius 2 is 1.65 bits per heavy atom. The van der Waals surface area contributed by atoms with Gasteiger partial charge in [-0.25, -0.2) is 0 Å². The molecule has 1 fully saturated rings. The summed E-state index contributed by atoms with van der Waals surface area (Å²) in [6.45, 7) is 14.6. The monoisotopic (exact) mass is 402 g/mol. The molecule has 0 unspecified atom stereocenters. The molecular formula is C19H28Cl2SiTi. The first-order chi connectivity index (χ1) is 9.77. The van der Waals surface area contributed by atoms with Crippen molar-refractivity contribution in [2.75, 3.05) is 0 Å². The van der Waals surface area contributed by atoms with Gasteiger partial charge >= 0.3 is 141 Å². The molecule has 3 aliphatic rings. The maximum Gasteiger partial charge on any atom is -1.00 e. The molecule has 126 valence electrons. The van der Waals surface area contributed by atoms with Crippen molar-refractivity contribution in [3.8, 4) is 0 Å². The zero-order valence-corrected chi connectivity index (χ0v) is 19.3. The van der Waals surface area contributed by atoms with Crippen molar-refractivity contribution in [3.63, 3.8) is 0 Å². The molecule has 2 aliphatic carbocycles. The van der Waals surface area contributed by atoms with E-state index in [0.717, 1.165) is 0 Å². The third kappa shape index (κ3) is 3.42. The number of allylic oxidation sites excluding steroid dienone is 8. The van der Waals surface area contributed by atoms with E-state index in [1.54, 1.807) is 28.8 Å². The smallest absolute Gasteiger partial charge is 1.00 e. The Hall–Kier alpha value is 0.471. The second kappa shape index (κ2) is 7.38. The molecule has 0 N–H and O–H groups in total. The quantitative estimate of drug-likeness (QED) is 0.581. The van der Waals surface area contributed by atoms with Crippen LogP contribution >= 0.6 is 0 Å². The van der Waals surface area contributed by atoms with Crippen LogP contribution in [0.5, 0.6) is 0 Å². The minimum absolute atomic E-state index is 0. The standard InChI is InChI=1S/C10H15.C9H13Si.2ClH.Ti/c1-7-6-10(4,5)9(3)8(7)2;1-10(7-4-8-10)9-5-2-3-6-9;;;/h1-5H3;2,5H,3-4,7-8H2,1H3;2*1H;/q;;;;+2/p-2. The van der Waals surface area contributed by atoms with Crippen molar-refractivity contribution >= 4 is 8.07 Å². The molecule has 3 rings (SSSR count). The first kappa shape index (κ1) is 21.5. The fourth-order valence-electron chi connectivity index (χ4n) is 4.16. The van der Waals surface area contributed by atoms with Crippen molar-refractivity contribution in [3.05, 3.63) is 41.8 Å². The molecule has 0 radical (unpaired) electrons. The summed E-state index contributed by atoms with van der Waals surface area (Å²) in [5.41, 5.74) is 5.12. The van der Waals surface area contributed by atoms with Crippen molar-refractivity contribution in [1.29, 1.82) is 0 Å². The molecule has 1 saturated heterocycles. The Kier molecular flexibility index (Phi) is 6.90. The molecule has 0 amide bonds. The third-order valence-electron chi connectivity index (χ3n) is 6.38. The van der Waals surface area contributed by atoms with Crippen molar-refractivity contribution in [2.45, 2.75) is 66.1 Å². The van der Waals surface area contributed by atoms with Crippen molar-refractivity contribution < 1.29 is 44.0 Å². The Bertz CT molecular complexity index is 619. The van der Waals surface area contributed by atoms with Gasteiger partial charge in [0.15, 0.2) is 0 Å². The van der Waals surface area contributed by atoms with Crippen LogP contribution in [0.3, 0.4) is 0 Å². The van der Waals surface area contributed by atoms with E-state index in [1.807, 2.05) is 13.0 Å². The Balaban J connectivity index is 0.00000132. The van der Waals surface area contributed by atoms with E-state index < -0.39 is 8.07 Å². The van der Waals surface area contributed by atoms with Gasteiger partial charge in [0.2, 0.25) is 0 Å². The van der Waals surface area contributed by atoms with Gasteiger partial charge in [0.05, 0.1) is 0 Å². The molecule has 0 nitrogen and oxygen atoms in total. The zero-order valence-electron chi connectivity index (χ0n) is 15.2. The molecule has 4 heteroatoms. The van der Waals surface area contributed by atoms with Crippen LogP contribution in [0.1, 0.15) is 47.5 Å². The summed E-state index contributed by atoms with van der Waals surface area (Å²) in [6, 6.07) is 3.08. The first-order valence-electron chi connectivity index (χ1n) is 8.34. The molecule has 0 aromatic heterocycles. The summed E-state index contributed by atoms with van der Waals surface area (Å²) in [7, 11) is -1.01. The van der Waals surface area contributed by atoms with Crippen LogP contribution in [0.4, 0.5) is 0 Å². The predicted octanol–water partition coefficient (Wildman–Crippen LogP) is -0.0374. The van der Waals surface area contributed by atoms with E-state index in [9.17, 15) is 0 Å². The molecule has 23 heavy (non-hydrogen) atoms. The van der Waals surface area contributed by atoms with Crippen LogP contribution in [0.25, 0.3) is 0 Å². The minimum atomic E-state index is -1.01. The average molecular weight is 403 g/mol. The van der Waals surface area contributed by atoms with Crippen LogP contribution in [0.2, 0.25) is 18.6 Å². The van der Waals surface area contributed by atoms with Crippen LogP contribution in [-0.4, -0.2) is 8.07 Å². The summed E-state index contributed by atoms with van der Waals surface area (Å²) in [5, 5.41) is 1.87. The SMILES string of the molecule is CC1=C(C)C(C)(C)[C]([Ti+2][C]2=C([Si]3(C)CCC3)C=CC2)=C1C.[Cl-].[Cl-]. The molecule has 1 aliphatic heterocycles. The molecule has 0 bridgehead atoms. The van der Waals surface area contributed by atoms with Gasteiger partial charge in [0, 0.05) is 0 Å². The summed E-state index contributed by atoms with van der Waals surface area (Å²) in [6.07, 6.45) is 7.73. The number of hydrogen-bond acceptors (Lipinski definition) is 0. The van der Waals surface area contributed by atoms with Crippen molar-refractivity contribution in [2.24, 2.45) is 5.41 Å². The van der Waals surface area contributed by atoms with Gasteiger partial charge in [0.1, 0.15) is 0 Å². The normalized spacial score (nSPS) is 24.3. The van der Waals surface area contributed by atoms with Crippen molar-refractivity contribution in [1.82, 2.24) is 0 Å². The molecule has 0 aromatic carbocycles. The van der Waals surface area contributed by atoms with Crippen LogP contribution in [-0.2, 0) is 19.2 Å². The maximum atomic E-state index is 2.63. The van der Waals surface area contributed by atoms with Gasteiger partial charge in [-0.2, -0.15) is 0 Å². The van der Waals surface area contributed by atoms with E-state index in [0.29, 0.717) is 5.41 Å². The summed E-state index contributed by atoms with van der Waals surface area (Å²) in [4.78, 5) is 0. The van der Waals surface area contributed by atoms with Gasteiger partial charge in [-0.15, -0.1) is 0 Å². The topological polar surface area (TPSA) is 0 Å². The maximum absolute atomic E-state index is 2.63. The van der Waals surface area contributed by atoms with Crippen LogP contribution in [0.15, 0.2) is 41.8 Å². The summed E-state index contributed by atoms with van der Waals surface area (Å²) >= 11 is -0.115. The van der Waals surface area contributed by atoms with E-state index in [-0.39, 0.29) is 44.0 Å². The Morgan fingerprint density at radius 3 is 2.09 bits per heavy atom. The fourth-order valence-corrected chi connectivity index (χ4v) is 11.7. The second-order valence-electron chi connectivity index (χ2n) is 7.91. The van der Waals surface area contributed by atoms with E-state index in [4.69, 9.17) is 0 Å². The molecule has 0 atom stereocenters. The van der Waals surface area contributed by atoms with Gasteiger partial charge in [-0.3, -0.25) is 0 Å². The summed E-state index contributed by atoms with van der Waals surface area (Å²) < 4.78 is 3.69. The fraction of sp³-hybridized carbons (Fsp3) is 0.579. The second-order valence-corrected chi connectivity index (χ2v) is 14.7. The minimum Gasteiger partial charge on any atom is -1.00 e. The average Bonchev–Trinajstić information content (AvgIpc) is 2.92. The zero-order chi connectivity index (χ0) is 15.4. The number of halogens is 2. The number of hydrogen-bond donors (Lipinski definition) is 0. The Labute approximate surface area is 164 Å². The molecule has 0 spiro atoms. The Morgan fingerprint density at radius 1 is 1.04 bits per heavy atom. The molecule has 0 aromatic rings. The summed E-state index contributed by atoms with van der Waals surface area (Å²) in [5.74, 6) is 0. The molecular weight excluding hydrogens is 375 g/mol. The molecule has 1 heterocycles. The van der Waals surface area contributed by atoms with Gasteiger partial charge < -0.3 is 24.8 Å². The van der Waals surface area contributed by atoms with Gasteiger partial charge in [-0.1, -0.05) is 0 Å². The van der Waals surface area contributed by atoms with Gasteiger partial charge in [0.25, 0.3) is 0 Å². The third-order valence-corrected chi connectivity index (χ3v) is 14.6. The molecule has 0 saturated carbocycles. The first-order valence-corrected chi connectivity index (χ1v) is 12.8. The van der Waals surface area contributed by atoms with Gasteiger partial charge in [-0.05, 0) is 0 Å². The predicted molar refractivity (Wildman–Crippen MR) is 91.5 cm³/mol. The van der Waals surface area contributed by atoms with E-state index in [2.05, 4.69) is 53.3 Å². The van der Waals surface area contributed by atoms with E-state index in [1.165, 1.54) is 12.8 Å². The van der Waals surface area contributed by atoms with Crippen LogP contribution < -0.4 is 24.8 Å².